The molecule has 0 aliphatic heterocycles. The van der Waals surface area contributed by atoms with E-state index in [9.17, 15) is 0 Å². The minimum Gasteiger partial charge on any atom is -0.489 e. The molecular formula is C19H22ClIN4O2S. The Bertz CT molecular complexity index is 868. The largest absolute Gasteiger partial charge is 0.489 e. The van der Waals surface area contributed by atoms with Gasteiger partial charge in [-0.25, -0.2) is 4.98 Å². The number of thiophene rings is 1. The van der Waals surface area contributed by atoms with Crippen molar-refractivity contribution < 1.29 is 9.15 Å². The topological polar surface area (TPSA) is 71.7 Å². The summed E-state index contributed by atoms with van der Waals surface area (Å²) in [6.45, 7) is 3.10. The van der Waals surface area contributed by atoms with E-state index in [2.05, 4.69) is 20.6 Å². The lowest BCUT2D eigenvalue weighted by atomic mass is 10.3. The van der Waals surface area contributed by atoms with Crippen molar-refractivity contribution in [3.05, 3.63) is 58.8 Å². The number of guanidine groups is 1. The van der Waals surface area contributed by atoms with Crippen LogP contribution in [-0.2, 0) is 6.54 Å². The number of benzene rings is 1. The molecule has 3 rings (SSSR count). The first-order chi connectivity index (χ1) is 13.1. The number of nitrogens with zero attached hydrogens (tertiary/aromatic N) is 2. The lowest BCUT2D eigenvalue weighted by Gasteiger charge is -2.17. The molecule has 0 saturated heterocycles. The molecule has 6 nitrogen and oxygen atoms in total. The first-order valence-corrected chi connectivity index (χ1v) is 9.75. The van der Waals surface area contributed by atoms with Crippen LogP contribution in [0.2, 0.25) is 5.02 Å². The summed E-state index contributed by atoms with van der Waals surface area (Å²) in [4.78, 5) is 9.71. The fourth-order valence-corrected chi connectivity index (χ4v) is 3.11. The summed E-state index contributed by atoms with van der Waals surface area (Å²) in [5.74, 6) is 2.08. The van der Waals surface area contributed by atoms with Gasteiger partial charge in [-0.3, -0.25) is 4.99 Å². The van der Waals surface area contributed by atoms with Crippen molar-refractivity contribution in [3.63, 3.8) is 0 Å². The molecule has 150 valence electrons. The molecule has 28 heavy (non-hydrogen) atoms. The maximum absolute atomic E-state index is 5.88. The highest BCUT2D eigenvalue weighted by Crippen LogP contribution is 2.23. The van der Waals surface area contributed by atoms with E-state index in [4.69, 9.17) is 20.8 Å². The van der Waals surface area contributed by atoms with Gasteiger partial charge in [0, 0.05) is 12.1 Å². The van der Waals surface area contributed by atoms with Crippen LogP contribution >= 0.6 is 46.9 Å². The molecule has 9 heteroatoms. The monoisotopic (exact) mass is 532 g/mol. The van der Waals surface area contributed by atoms with Gasteiger partial charge in [-0.1, -0.05) is 17.7 Å². The molecule has 2 aromatic heterocycles. The number of nitrogens with one attached hydrogen (secondary N) is 2. The van der Waals surface area contributed by atoms with Gasteiger partial charge in [0.1, 0.15) is 18.1 Å². The molecule has 1 atom stereocenters. The van der Waals surface area contributed by atoms with Crippen molar-refractivity contribution in [2.75, 3.05) is 13.6 Å². The zero-order chi connectivity index (χ0) is 19.1. The van der Waals surface area contributed by atoms with Crippen molar-refractivity contribution in [3.8, 4) is 16.5 Å². The lowest BCUT2D eigenvalue weighted by Crippen LogP contribution is -2.41. The molecule has 0 fully saturated rings. The maximum Gasteiger partial charge on any atom is 0.236 e. The van der Waals surface area contributed by atoms with Gasteiger partial charge in [0.25, 0.3) is 0 Å². The van der Waals surface area contributed by atoms with Crippen LogP contribution in [-0.4, -0.2) is 30.6 Å². The maximum atomic E-state index is 5.88. The summed E-state index contributed by atoms with van der Waals surface area (Å²) >= 11 is 7.48. The standard InChI is InChI=1S/C19H21ClN4O2S.HI/c1-13(26-16-7-5-14(20)6-8-16)10-22-19(21-2)23-11-15-12-25-18(24-15)17-4-3-9-27-17;/h3-9,12-13H,10-11H2,1-2H3,(H2,21,22,23);1H. The van der Waals surface area contributed by atoms with Gasteiger partial charge in [-0.05, 0) is 42.6 Å². The van der Waals surface area contributed by atoms with Gasteiger partial charge in [-0.2, -0.15) is 0 Å². The first-order valence-electron chi connectivity index (χ1n) is 8.49. The molecule has 0 amide bonds. The molecule has 0 aliphatic rings. The van der Waals surface area contributed by atoms with E-state index in [1.807, 2.05) is 36.6 Å². The quantitative estimate of drug-likeness (QED) is 0.260. The van der Waals surface area contributed by atoms with E-state index in [0.717, 1.165) is 16.3 Å². The molecule has 2 N–H and O–H groups in total. The Morgan fingerprint density at radius 2 is 2.07 bits per heavy atom. The molecule has 0 bridgehead atoms. The molecule has 0 radical (unpaired) electrons. The summed E-state index contributed by atoms with van der Waals surface area (Å²) in [5.41, 5.74) is 0.812. The molecule has 0 spiro atoms. The number of halogens is 2. The zero-order valence-electron chi connectivity index (χ0n) is 15.5. The Kier molecular flexibility index (Phi) is 9.07. The third-order valence-corrected chi connectivity index (χ3v) is 4.76. The van der Waals surface area contributed by atoms with Crippen LogP contribution in [0.4, 0.5) is 0 Å². The second-order valence-corrected chi connectivity index (χ2v) is 7.19. The Morgan fingerprint density at radius 3 is 2.75 bits per heavy atom. The smallest absolute Gasteiger partial charge is 0.236 e. The minimum absolute atomic E-state index is 0. The average Bonchev–Trinajstić information content (AvgIpc) is 3.35. The number of ether oxygens (including phenoxy) is 1. The molecule has 2 heterocycles. The summed E-state index contributed by atoms with van der Waals surface area (Å²) in [7, 11) is 1.72. The minimum atomic E-state index is -0.0396. The predicted octanol–water partition coefficient (Wildman–Crippen LogP) is 4.81. The molecule has 3 aromatic rings. The van der Waals surface area contributed by atoms with E-state index in [-0.39, 0.29) is 30.1 Å². The van der Waals surface area contributed by atoms with Gasteiger partial charge in [0.05, 0.1) is 23.7 Å². The fourth-order valence-electron chi connectivity index (χ4n) is 2.32. The summed E-state index contributed by atoms with van der Waals surface area (Å²) in [6.07, 6.45) is 1.61. The normalized spacial score (nSPS) is 12.2. The highest BCUT2D eigenvalue weighted by atomic mass is 127. The number of hydrogen-bond acceptors (Lipinski definition) is 5. The number of aromatic nitrogens is 1. The molecule has 1 aromatic carbocycles. The van der Waals surface area contributed by atoms with Crippen molar-refractivity contribution >= 4 is 52.9 Å². The van der Waals surface area contributed by atoms with Crippen LogP contribution in [0.3, 0.4) is 0 Å². The fraction of sp³-hybridized carbons (Fsp3) is 0.263. The second-order valence-electron chi connectivity index (χ2n) is 5.81. The Labute approximate surface area is 190 Å². The summed E-state index contributed by atoms with van der Waals surface area (Å²) < 4.78 is 11.4. The van der Waals surface area contributed by atoms with Crippen molar-refractivity contribution in [1.82, 2.24) is 15.6 Å². The Hall–Kier alpha value is -1.78. The summed E-state index contributed by atoms with van der Waals surface area (Å²) in [5, 5.41) is 9.14. The van der Waals surface area contributed by atoms with Crippen LogP contribution in [0.25, 0.3) is 10.8 Å². The Morgan fingerprint density at radius 1 is 1.29 bits per heavy atom. The zero-order valence-corrected chi connectivity index (χ0v) is 19.4. The van der Waals surface area contributed by atoms with Gasteiger partial charge >= 0.3 is 0 Å². The average molecular weight is 533 g/mol. The van der Waals surface area contributed by atoms with Crippen molar-refractivity contribution in [1.29, 1.82) is 0 Å². The van der Waals surface area contributed by atoms with Crippen LogP contribution in [0.15, 0.2) is 57.5 Å². The lowest BCUT2D eigenvalue weighted by molar-refractivity contribution is 0.224. The number of aliphatic imine (C=N–C) groups is 1. The van der Waals surface area contributed by atoms with E-state index < -0.39 is 0 Å². The van der Waals surface area contributed by atoms with E-state index in [1.54, 1.807) is 36.8 Å². The van der Waals surface area contributed by atoms with Gasteiger partial charge < -0.3 is 19.8 Å². The predicted molar refractivity (Wildman–Crippen MR) is 125 cm³/mol. The van der Waals surface area contributed by atoms with Crippen LogP contribution in [0, 0.1) is 0 Å². The highest BCUT2D eigenvalue weighted by Gasteiger charge is 2.09. The first kappa shape index (κ1) is 22.5. The van der Waals surface area contributed by atoms with Crippen molar-refractivity contribution in [2.24, 2.45) is 4.99 Å². The van der Waals surface area contributed by atoms with E-state index in [1.165, 1.54) is 0 Å². The van der Waals surface area contributed by atoms with Gasteiger partial charge in [0.15, 0.2) is 5.96 Å². The van der Waals surface area contributed by atoms with Crippen LogP contribution in [0.5, 0.6) is 5.75 Å². The van der Waals surface area contributed by atoms with E-state index in [0.29, 0.717) is 30.0 Å². The molecular weight excluding hydrogens is 511 g/mol. The molecule has 0 saturated carbocycles. The summed E-state index contributed by atoms with van der Waals surface area (Å²) in [6, 6.07) is 11.3. The van der Waals surface area contributed by atoms with Gasteiger partial charge in [-0.15, -0.1) is 35.3 Å². The number of rotatable bonds is 7. The number of oxazole rings is 1. The Balaban J connectivity index is 0.00000280. The molecule has 0 aliphatic carbocycles. The van der Waals surface area contributed by atoms with E-state index >= 15 is 0 Å². The van der Waals surface area contributed by atoms with Crippen LogP contribution in [0.1, 0.15) is 12.6 Å². The SMILES string of the molecule is CN=C(NCc1coc(-c2cccs2)n1)NCC(C)Oc1ccc(Cl)cc1.I. The third kappa shape index (κ3) is 6.68. The second kappa shape index (κ2) is 11.3. The van der Waals surface area contributed by atoms with Crippen molar-refractivity contribution in [2.45, 2.75) is 19.6 Å². The highest BCUT2D eigenvalue weighted by molar-refractivity contribution is 14.0. The third-order valence-electron chi connectivity index (χ3n) is 3.65. The van der Waals surface area contributed by atoms with Crippen LogP contribution < -0.4 is 15.4 Å². The molecule has 1 unspecified atom stereocenters. The number of hydrogen-bond donors (Lipinski definition) is 2. The van der Waals surface area contributed by atoms with Gasteiger partial charge in [0.2, 0.25) is 5.89 Å².